The number of aromatic nitrogens is 1. The molecule has 84 valence electrons. The SMILES string of the molecule is CCCOCC(NN)c1ccc(Cl)cn1. The van der Waals surface area contributed by atoms with Crippen molar-refractivity contribution in [3.63, 3.8) is 0 Å². The maximum atomic E-state index is 5.74. The third kappa shape index (κ3) is 4.13. The average Bonchev–Trinajstić information content (AvgIpc) is 2.26. The molecule has 0 amide bonds. The summed E-state index contributed by atoms with van der Waals surface area (Å²) in [5, 5.41) is 0.615. The van der Waals surface area contributed by atoms with Gasteiger partial charge in [-0.15, -0.1) is 0 Å². The number of nitrogens with two attached hydrogens (primary N) is 1. The second-order valence-corrected chi connectivity index (χ2v) is 3.63. The van der Waals surface area contributed by atoms with Gasteiger partial charge in [0, 0.05) is 12.8 Å². The summed E-state index contributed by atoms with van der Waals surface area (Å²) in [6.45, 7) is 3.30. The second kappa shape index (κ2) is 6.74. The molecule has 1 aromatic heterocycles. The Morgan fingerprint density at radius 3 is 2.93 bits per heavy atom. The van der Waals surface area contributed by atoms with E-state index in [1.54, 1.807) is 12.3 Å². The predicted molar refractivity (Wildman–Crippen MR) is 60.4 cm³/mol. The van der Waals surface area contributed by atoms with Crippen molar-refractivity contribution in [2.75, 3.05) is 13.2 Å². The molecule has 1 atom stereocenters. The van der Waals surface area contributed by atoms with Crippen LogP contribution in [0.2, 0.25) is 5.02 Å². The molecule has 3 N–H and O–H groups in total. The monoisotopic (exact) mass is 229 g/mol. The number of ether oxygens (including phenoxy) is 1. The van der Waals surface area contributed by atoms with Gasteiger partial charge in [-0.2, -0.15) is 0 Å². The van der Waals surface area contributed by atoms with Crippen LogP contribution in [0, 0.1) is 0 Å². The highest BCUT2D eigenvalue weighted by atomic mass is 35.5. The van der Waals surface area contributed by atoms with Crippen LogP contribution in [0.15, 0.2) is 18.3 Å². The first-order chi connectivity index (χ1) is 7.27. The van der Waals surface area contributed by atoms with E-state index in [1.165, 1.54) is 0 Å². The zero-order valence-electron chi connectivity index (χ0n) is 8.74. The Labute approximate surface area is 94.8 Å². The van der Waals surface area contributed by atoms with E-state index in [9.17, 15) is 0 Å². The molecule has 0 fully saturated rings. The summed E-state index contributed by atoms with van der Waals surface area (Å²) in [6.07, 6.45) is 2.59. The minimum atomic E-state index is -0.0891. The fraction of sp³-hybridized carbons (Fsp3) is 0.500. The van der Waals surface area contributed by atoms with Crippen molar-refractivity contribution < 1.29 is 4.74 Å². The van der Waals surface area contributed by atoms with Crippen molar-refractivity contribution in [3.05, 3.63) is 29.0 Å². The average molecular weight is 230 g/mol. The van der Waals surface area contributed by atoms with Crippen LogP contribution < -0.4 is 11.3 Å². The van der Waals surface area contributed by atoms with Crippen LogP contribution in [0.5, 0.6) is 0 Å². The minimum absolute atomic E-state index is 0.0891. The first kappa shape index (κ1) is 12.4. The van der Waals surface area contributed by atoms with Gasteiger partial charge in [-0.3, -0.25) is 10.8 Å². The summed E-state index contributed by atoms with van der Waals surface area (Å²) < 4.78 is 5.40. The molecule has 0 spiro atoms. The van der Waals surface area contributed by atoms with Crippen molar-refractivity contribution in [2.45, 2.75) is 19.4 Å². The third-order valence-electron chi connectivity index (χ3n) is 1.94. The molecule has 0 aromatic carbocycles. The van der Waals surface area contributed by atoms with Gasteiger partial charge in [-0.05, 0) is 18.6 Å². The van der Waals surface area contributed by atoms with Gasteiger partial charge < -0.3 is 4.74 Å². The third-order valence-corrected chi connectivity index (χ3v) is 2.17. The van der Waals surface area contributed by atoms with Gasteiger partial charge in [0.25, 0.3) is 0 Å². The highest BCUT2D eigenvalue weighted by molar-refractivity contribution is 6.30. The summed E-state index contributed by atoms with van der Waals surface area (Å²) >= 11 is 5.74. The highest BCUT2D eigenvalue weighted by Crippen LogP contribution is 2.12. The quantitative estimate of drug-likeness (QED) is 0.443. The number of hydrogen-bond acceptors (Lipinski definition) is 4. The van der Waals surface area contributed by atoms with Crippen molar-refractivity contribution in [3.8, 4) is 0 Å². The fourth-order valence-electron chi connectivity index (χ4n) is 1.16. The lowest BCUT2D eigenvalue weighted by Gasteiger charge is -2.15. The number of hydrogen-bond donors (Lipinski definition) is 2. The summed E-state index contributed by atoms with van der Waals surface area (Å²) in [5.74, 6) is 5.42. The van der Waals surface area contributed by atoms with E-state index in [0.717, 1.165) is 18.7 Å². The van der Waals surface area contributed by atoms with Crippen molar-refractivity contribution in [2.24, 2.45) is 5.84 Å². The molecule has 1 aromatic rings. The molecule has 0 aliphatic carbocycles. The summed E-state index contributed by atoms with van der Waals surface area (Å²) in [7, 11) is 0. The van der Waals surface area contributed by atoms with Gasteiger partial charge in [0.15, 0.2) is 0 Å². The van der Waals surface area contributed by atoms with Crippen LogP contribution in [0.3, 0.4) is 0 Å². The molecule has 5 heteroatoms. The largest absolute Gasteiger partial charge is 0.379 e. The Balaban J connectivity index is 2.53. The zero-order valence-corrected chi connectivity index (χ0v) is 9.50. The van der Waals surface area contributed by atoms with Gasteiger partial charge in [-0.1, -0.05) is 18.5 Å². The van der Waals surface area contributed by atoms with Crippen LogP contribution >= 0.6 is 11.6 Å². The Morgan fingerprint density at radius 2 is 2.40 bits per heavy atom. The molecule has 1 heterocycles. The number of nitrogens with zero attached hydrogens (tertiary/aromatic N) is 1. The van der Waals surface area contributed by atoms with Gasteiger partial charge in [0.2, 0.25) is 0 Å². The fourth-order valence-corrected chi connectivity index (χ4v) is 1.27. The summed E-state index contributed by atoms with van der Waals surface area (Å²) in [5.41, 5.74) is 3.50. The first-order valence-electron chi connectivity index (χ1n) is 4.93. The van der Waals surface area contributed by atoms with E-state index in [-0.39, 0.29) is 6.04 Å². The Hall–Kier alpha value is -0.680. The van der Waals surface area contributed by atoms with E-state index in [1.807, 2.05) is 6.07 Å². The van der Waals surface area contributed by atoms with Gasteiger partial charge >= 0.3 is 0 Å². The molecule has 1 rings (SSSR count). The Kier molecular flexibility index (Phi) is 5.57. The molecular weight excluding hydrogens is 214 g/mol. The van der Waals surface area contributed by atoms with Crippen LogP contribution in [0.4, 0.5) is 0 Å². The topological polar surface area (TPSA) is 60.2 Å². The van der Waals surface area contributed by atoms with Crippen molar-refractivity contribution in [1.29, 1.82) is 0 Å². The van der Waals surface area contributed by atoms with Gasteiger partial charge in [0.1, 0.15) is 0 Å². The Morgan fingerprint density at radius 1 is 1.60 bits per heavy atom. The standard InChI is InChI=1S/C10H16ClN3O/c1-2-5-15-7-10(14-12)9-4-3-8(11)6-13-9/h3-4,6,10,14H,2,5,7,12H2,1H3. The molecule has 4 nitrogen and oxygen atoms in total. The van der Waals surface area contributed by atoms with Crippen LogP contribution in [0.25, 0.3) is 0 Å². The number of halogens is 1. The van der Waals surface area contributed by atoms with Crippen LogP contribution in [0.1, 0.15) is 25.1 Å². The molecule has 1 unspecified atom stereocenters. The smallest absolute Gasteiger partial charge is 0.0865 e. The number of rotatable bonds is 6. The van der Waals surface area contributed by atoms with E-state index in [4.69, 9.17) is 22.2 Å². The lowest BCUT2D eigenvalue weighted by atomic mass is 10.2. The lowest BCUT2D eigenvalue weighted by molar-refractivity contribution is 0.111. The maximum Gasteiger partial charge on any atom is 0.0865 e. The van der Waals surface area contributed by atoms with E-state index < -0.39 is 0 Å². The molecule has 0 saturated carbocycles. The van der Waals surface area contributed by atoms with E-state index in [0.29, 0.717) is 11.6 Å². The minimum Gasteiger partial charge on any atom is -0.379 e. The number of nitrogens with one attached hydrogen (secondary N) is 1. The van der Waals surface area contributed by atoms with E-state index >= 15 is 0 Å². The number of pyridine rings is 1. The van der Waals surface area contributed by atoms with Crippen LogP contribution in [-0.4, -0.2) is 18.2 Å². The molecule has 0 bridgehead atoms. The lowest BCUT2D eigenvalue weighted by Crippen LogP contribution is -2.32. The summed E-state index contributed by atoms with van der Waals surface area (Å²) in [6, 6.07) is 3.53. The normalized spacial score (nSPS) is 12.7. The molecule has 0 saturated heterocycles. The molecular formula is C10H16ClN3O. The predicted octanol–water partition coefficient (Wildman–Crippen LogP) is 1.67. The maximum absolute atomic E-state index is 5.74. The second-order valence-electron chi connectivity index (χ2n) is 3.20. The molecule has 0 radical (unpaired) electrons. The molecule has 0 aliphatic heterocycles. The molecule has 15 heavy (non-hydrogen) atoms. The van der Waals surface area contributed by atoms with Crippen molar-refractivity contribution in [1.82, 2.24) is 10.4 Å². The Bertz CT molecular complexity index is 279. The summed E-state index contributed by atoms with van der Waals surface area (Å²) in [4.78, 5) is 4.17. The molecule has 0 aliphatic rings. The van der Waals surface area contributed by atoms with E-state index in [2.05, 4.69) is 17.3 Å². The zero-order chi connectivity index (χ0) is 11.1. The van der Waals surface area contributed by atoms with Gasteiger partial charge in [0.05, 0.1) is 23.4 Å². The highest BCUT2D eigenvalue weighted by Gasteiger charge is 2.10. The van der Waals surface area contributed by atoms with Gasteiger partial charge in [-0.25, -0.2) is 5.43 Å². The van der Waals surface area contributed by atoms with Crippen LogP contribution in [-0.2, 0) is 4.74 Å². The first-order valence-corrected chi connectivity index (χ1v) is 5.31. The van der Waals surface area contributed by atoms with Crippen molar-refractivity contribution >= 4 is 11.6 Å². The number of hydrazine groups is 1.